The number of carbonyl (C=O) groups excluding carboxylic acids is 4. The van der Waals surface area contributed by atoms with Crippen molar-refractivity contribution < 1.29 is 58.2 Å². The quantitative estimate of drug-likeness (QED) is 0.0433. The maximum atomic E-state index is 12.8. The van der Waals surface area contributed by atoms with E-state index in [1.807, 2.05) is 34.6 Å². The number of ether oxygens (including phenoxy) is 5. The van der Waals surface area contributed by atoms with Crippen LogP contribution in [0.25, 0.3) is 11.5 Å². The van der Waals surface area contributed by atoms with Crippen molar-refractivity contribution in [3.63, 3.8) is 0 Å². The summed E-state index contributed by atoms with van der Waals surface area (Å²) in [5.41, 5.74) is -0.727. The molecule has 12 nitrogen and oxygen atoms in total. The number of phenolic OH excluding ortho intramolecular Hbond substituents is 1. The summed E-state index contributed by atoms with van der Waals surface area (Å²) in [5, 5.41) is 29.5. The van der Waals surface area contributed by atoms with Gasteiger partial charge in [0.2, 0.25) is 0 Å². The maximum Gasteiger partial charge on any atom is 0.311 e. The molecule has 0 fully saturated rings. The molecule has 0 aromatic heterocycles. The molecule has 0 aliphatic carbocycles. The van der Waals surface area contributed by atoms with Crippen LogP contribution in [0, 0.1) is 22.7 Å². The van der Waals surface area contributed by atoms with Crippen LogP contribution in [0.5, 0.6) is 11.5 Å². The fourth-order valence-electron chi connectivity index (χ4n) is 5.60. The average molecular weight is 761 g/mol. The summed E-state index contributed by atoms with van der Waals surface area (Å²) in [6, 6.07) is 12.8. The van der Waals surface area contributed by atoms with Crippen LogP contribution in [0.15, 0.2) is 48.5 Å². The molecule has 54 heavy (non-hydrogen) atoms. The third kappa shape index (κ3) is 17.4. The molecule has 0 aliphatic rings. The second kappa shape index (κ2) is 25.3. The number of unbranched alkanes of at least 4 members (excludes halogenated alkanes) is 1. The van der Waals surface area contributed by atoms with Crippen molar-refractivity contribution >= 4 is 35.4 Å². The largest absolute Gasteiger partial charge is 0.508 e. The van der Waals surface area contributed by atoms with Gasteiger partial charge in [-0.3, -0.25) is 19.2 Å². The number of rotatable bonds is 18. The molecule has 3 atom stereocenters. The van der Waals surface area contributed by atoms with Gasteiger partial charge in [0.05, 0.1) is 51.3 Å². The van der Waals surface area contributed by atoms with Gasteiger partial charge in [0.1, 0.15) is 11.5 Å². The fraction of sp³-hybridized carbons (Fsp3) is 0.571. The van der Waals surface area contributed by atoms with Crippen LogP contribution in [0.3, 0.4) is 0 Å². The molecular formula is C42H64O12. The molecule has 0 saturated carbocycles. The minimum Gasteiger partial charge on any atom is -0.508 e. The fourth-order valence-corrected chi connectivity index (χ4v) is 5.60. The van der Waals surface area contributed by atoms with E-state index in [2.05, 4.69) is 11.7 Å². The smallest absolute Gasteiger partial charge is 0.311 e. The second-order valence-corrected chi connectivity index (χ2v) is 14.0. The highest BCUT2D eigenvalue weighted by Gasteiger charge is 2.44. The first-order chi connectivity index (χ1) is 25.4. The molecule has 0 saturated heterocycles. The molecule has 0 spiro atoms. The van der Waals surface area contributed by atoms with E-state index < -0.39 is 16.7 Å². The lowest BCUT2D eigenvalue weighted by Crippen LogP contribution is -2.39. The highest BCUT2D eigenvalue weighted by Crippen LogP contribution is 2.41. The van der Waals surface area contributed by atoms with Gasteiger partial charge in [-0.25, -0.2) is 0 Å². The molecule has 304 valence electrons. The monoisotopic (exact) mass is 760 g/mol. The highest BCUT2D eigenvalue weighted by atomic mass is 16.5. The molecule has 3 unspecified atom stereocenters. The Morgan fingerprint density at radius 2 is 1.15 bits per heavy atom. The summed E-state index contributed by atoms with van der Waals surface area (Å²) in [6.07, 6.45) is 4.42. The third-order valence-electron chi connectivity index (χ3n) is 8.72. The molecule has 0 radical (unpaired) electrons. The number of phenols is 1. The van der Waals surface area contributed by atoms with E-state index in [1.165, 1.54) is 52.5 Å². The summed E-state index contributed by atoms with van der Waals surface area (Å²) >= 11 is 0. The van der Waals surface area contributed by atoms with Gasteiger partial charge >= 0.3 is 23.9 Å². The first-order valence-corrected chi connectivity index (χ1v) is 18.4. The molecule has 0 bridgehead atoms. The van der Waals surface area contributed by atoms with Crippen molar-refractivity contribution in [2.75, 3.05) is 34.5 Å². The van der Waals surface area contributed by atoms with Crippen LogP contribution in [0.2, 0.25) is 0 Å². The van der Waals surface area contributed by atoms with Crippen molar-refractivity contribution in [3.8, 4) is 11.5 Å². The number of aromatic hydroxyl groups is 1. The van der Waals surface area contributed by atoms with Crippen LogP contribution < -0.4 is 4.74 Å². The minimum atomic E-state index is -0.830. The summed E-state index contributed by atoms with van der Waals surface area (Å²) in [4.78, 5) is 47.1. The van der Waals surface area contributed by atoms with Gasteiger partial charge < -0.3 is 39.0 Å². The second-order valence-electron chi connectivity index (χ2n) is 14.0. The van der Waals surface area contributed by atoms with E-state index in [0.717, 1.165) is 18.6 Å². The van der Waals surface area contributed by atoms with E-state index in [1.54, 1.807) is 31.2 Å². The number of hydrogen-bond donors (Lipinski definition) is 3. The van der Waals surface area contributed by atoms with E-state index in [0.29, 0.717) is 43.6 Å². The lowest BCUT2D eigenvalue weighted by Gasteiger charge is -2.35. The Bertz CT molecular complexity index is 1450. The molecular weight excluding hydrogens is 696 g/mol. The molecule has 2 aromatic carbocycles. The summed E-state index contributed by atoms with van der Waals surface area (Å²) < 4.78 is 25.0. The third-order valence-corrected chi connectivity index (χ3v) is 8.72. The van der Waals surface area contributed by atoms with E-state index >= 15 is 0 Å². The highest BCUT2D eigenvalue weighted by molar-refractivity contribution is 5.83. The number of aliphatic hydroxyl groups excluding tert-OH is 2. The van der Waals surface area contributed by atoms with Gasteiger partial charge in [-0.2, -0.15) is 0 Å². The zero-order chi connectivity index (χ0) is 41.5. The van der Waals surface area contributed by atoms with Gasteiger partial charge in [0.25, 0.3) is 0 Å². The van der Waals surface area contributed by atoms with E-state index in [4.69, 9.17) is 18.9 Å². The predicted octanol–water partition coefficient (Wildman–Crippen LogP) is 8.84. The zero-order valence-corrected chi connectivity index (χ0v) is 34.2. The Morgan fingerprint density at radius 1 is 0.685 bits per heavy atom. The number of methoxy groups -OCH3 is 3. The average Bonchev–Trinajstić information content (AvgIpc) is 3.16. The summed E-state index contributed by atoms with van der Waals surface area (Å²) in [5.74, 6) is -1.29. The Hall–Kier alpha value is -4.74. The van der Waals surface area contributed by atoms with Crippen molar-refractivity contribution in [1.29, 1.82) is 0 Å². The maximum absolute atomic E-state index is 12.8. The van der Waals surface area contributed by atoms with Crippen LogP contribution in [0.1, 0.15) is 111 Å². The number of aliphatic hydroxyl groups is 2. The van der Waals surface area contributed by atoms with Gasteiger partial charge in [0, 0.05) is 18.1 Å². The predicted molar refractivity (Wildman–Crippen MR) is 209 cm³/mol. The van der Waals surface area contributed by atoms with Gasteiger partial charge in [-0.05, 0) is 107 Å². The summed E-state index contributed by atoms with van der Waals surface area (Å²) in [7, 11) is 4.05. The Labute approximate surface area is 321 Å². The number of hydrogen-bond acceptors (Lipinski definition) is 12. The zero-order valence-electron chi connectivity index (χ0n) is 34.2. The van der Waals surface area contributed by atoms with Crippen molar-refractivity contribution in [2.24, 2.45) is 22.7 Å². The number of carbonyl (C=O) groups is 4. The Balaban J connectivity index is 0.000000935. The van der Waals surface area contributed by atoms with Crippen LogP contribution >= 0.6 is 0 Å². The SMILES string of the molecule is CCCCOc1ccc(/C(O)=C(\O)c2ccc(O)cc2)cc1.CCCOC(=O)C(CC(C)(CC)C(=O)OC)CC(C)(CC(C)C)C(=O)OC.COC(C)=O. The first kappa shape index (κ1) is 49.3. The molecule has 0 heterocycles. The number of esters is 4. The minimum absolute atomic E-state index is 0.102. The molecule has 12 heteroatoms. The number of benzene rings is 2. The Morgan fingerprint density at radius 3 is 1.56 bits per heavy atom. The summed E-state index contributed by atoms with van der Waals surface area (Å²) in [6.45, 7) is 15.9. The molecule has 0 amide bonds. The van der Waals surface area contributed by atoms with Crippen molar-refractivity contribution in [3.05, 3.63) is 59.7 Å². The van der Waals surface area contributed by atoms with Gasteiger partial charge in [0.15, 0.2) is 11.5 Å². The standard InChI is InChI=1S/C21H38O6.C18H20O4.C3H6O2/c1-9-11-27-17(22)16(13-20(5,10-2)18(23)25-7)14-21(6,12-15(3)4)19(24)26-8;1-2-3-12-22-16-10-6-14(7-11-16)18(21)17(20)13-4-8-15(19)9-5-13;1-3(4)5-2/h15-16H,9-14H2,1-8H3;4-11,19-21H,2-3,12H2,1H3;1-2H3/b;18-17+;. The van der Waals surface area contributed by atoms with Crippen LogP contribution in [-0.2, 0) is 38.1 Å². The lowest BCUT2D eigenvalue weighted by molar-refractivity contribution is -0.161. The van der Waals surface area contributed by atoms with E-state index in [-0.39, 0.29) is 59.9 Å². The van der Waals surface area contributed by atoms with Crippen LogP contribution in [0.4, 0.5) is 0 Å². The molecule has 0 aliphatic heterocycles. The first-order valence-electron chi connectivity index (χ1n) is 18.4. The van der Waals surface area contributed by atoms with Crippen LogP contribution in [-0.4, -0.2) is 73.7 Å². The van der Waals surface area contributed by atoms with Crippen molar-refractivity contribution in [1.82, 2.24) is 0 Å². The topological polar surface area (TPSA) is 175 Å². The van der Waals surface area contributed by atoms with E-state index in [9.17, 15) is 34.5 Å². The van der Waals surface area contributed by atoms with Gasteiger partial charge in [-0.15, -0.1) is 0 Å². The molecule has 2 rings (SSSR count). The van der Waals surface area contributed by atoms with Gasteiger partial charge in [-0.1, -0.05) is 41.0 Å². The van der Waals surface area contributed by atoms with Crippen molar-refractivity contribution in [2.45, 2.75) is 100 Å². The lowest BCUT2D eigenvalue weighted by atomic mass is 9.70. The Kier molecular flexibility index (Phi) is 23.1. The molecule has 3 N–H and O–H groups in total. The normalized spacial score (nSPS) is 13.9. The molecule has 2 aromatic rings.